The summed E-state index contributed by atoms with van der Waals surface area (Å²) in [4.78, 5) is 54.4. The number of aromatic nitrogens is 6. The lowest BCUT2D eigenvalue weighted by Crippen LogP contribution is -2.29. The standard InChI is InChI=1S/C24H32N4O5.C22H28N4O5/c1-3-30-21(29)16-28(2)24-18-7-6-8-19(18)26-23(27-24)20-15-17(10-11-25-20)31-13-14-33-22-9-4-5-12-32-22;1-26(14-19(27)28)22-16-5-4-6-17(16)24-21(25-22)18-13-15(8-9-23-18)29-11-12-31-20-7-2-3-10-30-20/h10-11,15,22H,3-9,12-14,16H2,1-2H3;8-9,13,20H,2-7,10-12,14H2,1H3,(H,27,28). The molecule has 4 aromatic heterocycles. The molecule has 0 amide bonds. The molecule has 0 bridgehead atoms. The number of carboxylic acids is 1. The smallest absolute Gasteiger partial charge is 0.325 e. The lowest BCUT2D eigenvalue weighted by Gasteiger charge is -2.22. The Bertz CT molecular complexity index is 2170. The lowest BCUT2D eigenvalue weighted by molar-refractivity contribution is -0.165. The lowest BCUT2D eigenvalue weighted by atomic mass is 10.2. The molecule has 64 heavy (non-hydrogen) atoms. The first-order valence-corrected chi connectivity index (χ1v) is 22.5. The third-order valence-electron chi connectivity index (χ3n) is 11.1. The molecule has 6 heterocycles. The summed E-state index contributed by atoms with van der Waals surface area (Å²) in [6, 6.07) is 7.23. The van der Waals surface area contributed by atoms with Crippen molar-refractivity contribution in [2.24, 2.45) is 0 Å². The summed E-state index contributed by atoms with van der Waals surface area (Å²) in [7, 11) is 3.59. The van der Waals surface area contributed by atoms with Crippen LogP contribution in [0.15, 0.2) is 36.7 Å². The van der Waals surface area contributed by atoms with Gasteiger partial charge in [0.05, 0.1) is 19.8 Å². The van der Waals surface area contributed by atoms with Gasteiger partial charge < -0.3 is 48.1 Å². The maximum atomic E-state index is 12.0. The Morgan fingerprint density at radius 2 is 1.17 bits per heavy atom. The van der Waals surface area contributed by atoms with Crippen molar-refractivity contribution in [3.8, 4) is 34.5 Å². The second kappa shape index (κ2) is 23.4. The van der Waals surface area contributed by atoms with Crippen molar-refractivity contribution in [3.63, 3.8) is 0 Å². The van der Waals surface area contributed by atoms with E-state index in [1.54, 1.807) is 43.4 Å². The average molecular weight is 885 g/mol. The van der Waals surface area contributed by atoms with E-state index in [0.29, 0.717) is 73.4 Å². The second-order valence-electron chi connectivity index (χ2n) is 16.0. The number of likely N-dealkylation sites (N-methyl/N-ethyl adjacent to an activating group) is 2. The van der Waals surface area contributed by atoms with Gasteiger partial charge in [-0.05, 0) is 96.1 Å². The zero-order chi connectivity index (χ0) is 44.7. The van der Waals surface area contributed by atoms with Crippen LogP contribution in [0.2, 0.25) is 0 Å². The number of rotatable bonds is 19. The predicted octanol–water partition coefficient (Wildman–Crippen LogP) is 5.42. The van der Waals surface area contributed by atoms with Gasteiger partial charge in [-0.15, -0.1) is 0 Å². The number of ether oxygens (including phenoxy) is 7. The number of carbonyl (C=O) groups excluding carboxylic acids is 1. The van der Waals surface area contributed by atoms with Crippen LogP contribution in [0.1, 0.15) is 80.8 Å². The number of aliphatic carboxylic acids is 1. The molecule has 2 fully saturated rings. The molecule has 2 aliphatic heterocycles. The molecule has 18 nitrogen and oxygen atoms in total. The van der Waals surface area contributed by atoms with Crippen LogP contribution < -0.4 is 19.3 Å². The average Bonchev–Trinajstić information content (AvgIpc) is 4.00. The summed E-state index contributed by atoms with van der Waals surface area (Å²) in [5.74, 6) is 2.58. The minimum absolute atomic E-state index is 0.121. The number of aryl methyl sites for hydroxylation is 2. The van der Waals surface area contributed by atoms with Crippen LogP contribution in [0.5, 0.6) is 11.5 Å². The van der Waals surface area contributed by atoms with E-state index >= 15 is 0 Å². The first-order valence-electron chi connectivity index (χ1n) is 22.5. The van der Waals surface area contributed by atoms with Crippen LogP contribution in [-0.2, 0) is 59.0 Å². The van der Waals surface area contributed by atoms with E-state index in [2.05, 4.69) is 15.0 Å². The van der Waals surface area contributed by atoms with Crippen molar-refractivity contribution in [2.45, 2.75) is 96.6 Å². The van der Waals surface area contributed by atoms with Crippen LogP contribution in [0, 0.1) is 0 Å². The van der Waals surface area contributed by atoms with Crippen molar-refractivity contribution < 1.29 is 47.9 Å². The number of carboxylic acid groups (broad SMARTS) is 1. The van der Waals surface area contributed by atoms with Gasteiger partial charge in [0.25, 0.3) is 0 Å². The molecule has 2 unspecified atom stereocenters. The van der Waals surface area contributed by atoms with Crippen LogP contribution in [-0.4, -0.2) is 133 Å². The number of hydrogen-bond acceptors (Lipinski definition) is 17. The summed E-state index contributed by atoms with van der Waals surface area (Å²) in [5, 5.41) is 9.17. The highest BCUT2D eigenvalue weighted by molar-refractivity contribution is 5.76. The Morgan fingerprint density at radius 1 is 0.672 bits per heavy atom. The summed E-state index contributed by atoms with van der Waals surface area (Å²) in [6.07, 6.45) is 14.9. The van der Waals surface area contributed by atoms with E-state index in [-0.39, 0.29) is 31.6 Å². The number of pyridine rings is 2. The minimum Gasteiger partial charge on any atom is -0.491 e. The van der Waals surface area contributed by atoms with Crippen LogP contribution >= 0.6 is 0 Å². The molecule has 0 saturated carbocycles. The Labute approximate surface area is 374 Å². The normalized spacial score (nSPS) is 17.7. The number of carbonyl (C=O) groups is 2. The third-order valence-corrected chi connectivity index (χ3v) is 11.1. The minimum atomic E-state index is -0.899. The van der Waals surface area contributed by atoms with Gasteiger partial charge in [-0.1, -0.05) is 0 Å². The van der Waals surface area contributed by atoms with Gasteiger partial charge in [-0.2, -0.15) is 0 Å². The zero-order valence-electron chi connectivity index (χ0n) is 37.2. The van der Waals surface area contributed by atoms with E-state index in [0.717, 1.165) is 119 Å². The van der Waals surface area contributed by atoms with Crippen molar-refractivity contribution in [1.29, 1.82) is 0 Å². The SMILES string of the molecule is CCOC(=O)CN(C)c1nc(-c2cc(OCCOC3CCCCO3)ccn2)nc2c1CCC2.CN(CC(=O)O)c1nc(-c2cc(OCCOC3CCCCO3)ccn2)nc2c1CCC2. The fourth-order valence-corrected chi connectivity index (χ4v) is 8.05. The van der Waals surface area contributed by atoms with Gasteiger partial charge in [0.2, 0.25) is 0 Å². The highest BCUT2D eigenvalue weighted by Gasteiger charge is 2.26. The van der Waals surface area contributed by atoms with Gasteiger partial charge in [-0.25, -0.2) is 19.9 Å². The van der Waals surface area contributed by atoms with Crippen LogP contribution in [0.3, 0.4) is 0 Å². The Balaban J connectivity index is 0.000000192. The van der Waals surface area contributed by atoms with Gasteiger partial charge in [0.15, 0.2) is 24.2 Å². The maximum absolute atomic E-state index is 12.0. The molecule has 0 aromatic carbocycles. The first kappa shape index (κ1) is 46.4. The predicted molar refractivity (Wildman–Crippen MR) is 235 cm³/mol. The molecule has 2 saturated heterocycles. The molecule has 1 N–H and O–H groups in total. The first-order chi connectivity index (χ1) is 31.2. The third kappa shape index (κ3) is 13.0. The van der Waals surface area contributed by atoms with E-state index < -0.39 is 5.97 Å². The Kier molecular flexibility index (Phi) is 17.0. The Morgan fingerprint density at radius 3 is 1.62 bits per heavy atom. The summed E-state index contributed by atoms with van der Waals surface area (Å²) in [5.41, 5.74) is 5.33. The molecule has 2 atom stereocenters. The highest BCUT2D eigenvalue weighted by Crippen LogP contribution is 2.33. The molecular weight excluding hydrogens is 825 g/mol. The molecule has 0 spiro atoms. The van der Waals surface area contributed by atoms with E-state index in [4.69, 9.17) is 48.1 Å². The summed E-state index contributed by atoms with van der Waals surface area (Å²) >= 11 is 0. The zero-order valence-corrected chi connectivity index (χ0v) is 37.2. The van der Waals surface area contributed by atoms with Crippen LogP contribution in [0.4, 0.5) is 11.6 Å². The summed E-state index contributed by atoms with van der Waals surface area (Å²) in [6.45, 7) is 5.41. The van der Waals surface area contributed by atoms with Gasteiger partial charge in [0, 0.05) is 74.4 Å². The van der Waals surface area contributed by atoms with Crippen molar-refractivity contribution in [1.82, 2.24) is 29.9 Å². The maximum Gasteiger partial charge on any atom is 0.325 e. The van der Waals surface area contributed by atoms with E-state index in [1.807, 2.05) is 24.1 Å². The van der Waals surface area contributed by atoms with E-state index in [1.165, 1.54) is 0 Å². The number of fused-ring (bicyclic) bond motifs is 2. The fourth-order valence-electron chi connectivity index (χ4n) is 8.05. The molecular formula is C46H60N8O10. The molecule has 0 radical (unpaired) electrons. The van der Waals surface area contributed by atoms with Crippen molar-refractivity contribution in [3.05, 3.63) is 59.2 Å². The van der Waals surface area contributed by atoms with Gasteiger partial charge >= 0.3 is 11.9 Å². The number of anilines is 2. The number of hydrogen-bond donors (Lipinski definition) is 1. The summed E-state index contributed by atoms with van der Waals surface area (Å²) < 4.78 is 39.3. The van der Waals surface area contributed by atoms with Crippen LogP contribution in [0.25, 0.3) is 23.0 Å². The number of esters is 1. The van der Waals surface area contributed by atoms with E-state index in [9.17, 15) is 14.7 Å². The molecule has 344 valence electrons. The molecule has 4 aliphatic rings. The van der Waals surface area contributed by atoms with Gasteiger partial charge in [-0.3, -0.25) is 19.6 Å². The molecule has 18 heteroatoms. The topological polar surface area (TPSA) is 203 Å². The van der Waals surface area contributed by atoms with Gasteiger partial charge in [0.1, 0.15) is 60.8 Å². The second-order valence-corrected chi connectivity index (χ2v) is 16.0. The molecule has 4 aromatic rings. The monoisotopic (exact) mass is 884 g/mol. The van der Waals surface area contributed by atoms with Crippen molar-refractivity contribution >= 4 is 23.6 Å². The molecule has 2 aliphatic carbocycles. The Hall–Kier alpha value is -5.56. The quantitative estimate of drug-likeness (QED) is 0.0923. The van der Waals surface area contributed by atoms with Crippen molar-refractivity contribution in [2.75, 3.05) is 83.2 Å². The molecule has 8 rings (SSSR count). The highest BCUT2D eigenvalue weighted by atomic mass is 16.7. The largest absolute Gasteiger partial charge is 0.491 e. The fraction of sp³-hybridized carbons (Fsp3) is 0.565. The number of nitrogens with zero attached hydrogens (tertiary/aromatic N) is 8.